The number of pyridine rings is 1. The van der Waals surface area contributed by atoms with E-state index in [1.54, 1.807) is 11.1 Å². The van der Waals surface area contributed by atoms with Gasteiger partial charge in [0.1, 0.15) is 0 Å². The van der Waals surface area contributed by atoms with E-state index >= 15 is 0 Å². The zero-order valence-electron chi connectivity index (χ0n) is 11.5. The van der Waals surface area contributed by atoms with Gasteiger partial charge in [-0.25, -0.2) is 0 Å². The Kier molecular flexibility index (Phi) is 6.57. The molecule has 0 fully saturated rings. The molecule has 0 unspecified atom stereocenters. The van der Waals surface area contributed by atoms with E-state index in [1.165, 1.54) is 7.11 Å². The third kappa shape index (κ3) is 5.50. The predicted molar refractivity (Wildman–Crippen MR) is 71.2 cm³/mol. The summed E-state index contributed by atoms with van der Waals surface area (Å²) in [5.74, 6) is -0.271. The van der Waals surface area contributed by atoms with Crippen molar-refractivity contribution >= 4 is 11.9 Å². The Hall–Kier alpha value is -1.91. The molecule has 104 valence electrons. The summed E-state index contributed by atoms with van der Waals surface area (Å²) in [6.45, 7) is 2.75. The third-order valence-electron chi connectivity index (χ3n) is 2.71. The van der Waals surface area contributed by atoms with E-state index in [-0.39, 0.29) is 18.3 Å². The van der Waals surface area contributed by atoms with Gasteiger partial charge in [-0.2, -0.15) is 0 Å². The molecule has 5 heteroatoms. The second-order valence-corrected chi connectivity index (χ2v) is 4.21. The quantitative estimate of drug-likeness (QED) is 0.704. The molecular weight excluding hydrogens is 244 g/mol. The molecule has 0 spiro atoms. The van der Waals surface area contributed by atoms with Crippen molar-refractivity contribution in [2.75, 3.05) is 13.7 Å². The second kappa shape index (κ2) is 8.24. The molecule has 0 saturated heterocycles. The third-order valence-corrected chi connectivity index (χ3v) is 2.71. The Balaban J connectivity index is 2.63. The number of ether oxygens (including phenoxy) is 1. The van der Waals surface area contributed by atoms with Gasteiger partial charge in [0.2, 0.25) is 5.91 Å². The van der Waals surface area contributed by atoms with Crippen molar-refractivity contribution in [1.82, 2.24) is 9.88 Å². The van der Waals surface area contributed by atoms with E-state index in [1.807, 2.05) is 25.1 Å². The number of rotatable bonds is 7. The largest absolute Gasteiger partial charge is 0.469 e. The predicted octanol–water partition coefficient (Wildman–Crippen LogP) is 1.77. The number of methoxy groups -OCH3 is 1. The molecule has 0 atom stereocenters. The maximum Gasteiger partial charge on any atom is 0.307 e. The molecule has 1 aromatic rings. The number of nitrogens with zero attached hydrogens (tertiary/aromatic N) is 2. The number of carbonyl (C=O) groups is 2. The normalized spacial score (nSPS) is 10.0. The van der Waals surface area contributed by atoms with Gasteiger partial charge in [-0.15, -0.1) is 0 Å². The van der Waals surface area contributed by atoms with Crippen molar-refractivity contribution in [1.29, 1.82) is 0 Å². The van der Waals surface area contributed by atoms with E-state index in [0.717, 1.165) is 12.1 Å². The van der Waals surface area contributed by atoms with Gasteiger partial charge in [-0.3, -0.25) is 14.6 Å². The van der Waals surface area contributed by atoms with Gasteiger partial charge in [-0.1, -0.05) is 13.0 Å². The fourth-order valence-corrected chi connectivity index (χ4v) is 1.68. The van der Waals surface area contributed by atoms with Crippen molar-refractivity contribution in [3.05, 3.63) is 30.1 Å². The van der Waals surface area contributed by atoms with E-state index < -0.39 is 0 Å². The molecule has 1 heterocycles. The van der Waals surface area contributed by atoms with E-state index in [0.29, 0.717) is 19.5 Å². The van der Waals surface area contributed by atoms with Crippen LogP contribution in [0.3, 0.4) is 0 Å². The Morgan fingerprint density at radius 1 is 1.32 bits per heavy atom. The summed E-state index contributed by atoms with van der Waals surface area (Å²) < 4.78 is 4.60. The van der Waals surface area contributed by atoms with Gasteiger partial charge in [0.15, 0.2) is 0 Å². The molecule has 19 heavy (non-hydrogen) atoms. The first kappa shape index (κ1) is 15.1. The molecular formula is C14H20N2O3. The van der Waals surface area contributed by atoms with Crippen LogP contribution in [-0.4, -0.2) is 35.4 Å². The van der Waals surface area contributed by atoms with Crippen LogP contribution in [0.5, 0.6) is 0 Å². The van der Waals surface area contributed by atoms with E-state index in [4.69, 9.17) is 0 Å². The second-order valence-electron chi connectivity index (χ2n) is 4.21. The number of esters is 1. The monoisotopic (exact) mass is 264 g/mol. The minimum absolute atomic E-state index is 0.0389. The molecule has 0 aromatic carbocycles. The van der Waals surface area contributed by atoms with Crippen LogP contribution < -0.4 is 0 Å². The fourth-order valence-electron chi connectivity index (χ4n) is 1.68. The van der Waals surface area contributed by atoms with Gasteiger partial charge in [0.05, 0.1) is 25.8 Å². The maximum atomic E-state index is 12.0. The first-order chi connectivity index (χ1) is 9.17. The van der Waals surface area contributed by atoms with Crippen LogP contribution in [-0.2, 0) is 20.9 Å². The summed E-state index contributed by atoms with van der Waals surface area (Å²) in [5, 5.41) is 0. The molecule has 0 saturated carbocycles. The molecule has 1 amide bonds. The Labute approximate surface area is 113 Å². The summed E-state index contributed by atoms with van der Waals surface area (Å²) in [4.78, 5) is 29.0. The first-order valence-corrected chi connectivity index (χ1v) is 6.41. The van der Waals surface area contributed by atoms with Crippen LogP contribution in [0.25, 0.3) is 0 Å². The number of aromatic nitrogens is 1. The van der Waals surface area contributed by atoms with Crippen LogP contribution in [0, 0.1) is 0 Å². The Bertz CT molecular complexity index is 406. The molecule has 0 radical (unpaired) electrons. The summed E-state index contributed by atoms with van der Waals surface area (Å²) >= 11 is 0. The number of amides is 1. The minimum atomic E-state index is -0.310. The number of hydrogen-bond acceptors (Lipinski definition) is 4. The maximum absolute atomic E-state index is 12.0. The summed E-state index contributed by atoms with van der Waals surface area (Å²) in [7, 11) is 1.35. The summed E-state index contributed by atoms with van der Waals surface area (Å²) in [5.41, 5.74) is 0.816. The van der Waals surface area contributed by atoms with Crippen LogP contribution in [0.2, 0.25) is 0 Å². The van der Waals surface area contributed by atoms with Crippen molar-refractivity contribution < 1.29 is 14.3 Å². The minimum Gasteiger partial charge on any atom is -0.469 e. The lowest BCUT2D eigenvalue weighted by Gasteiger charge is -2.21. The van der Waals surface area contributed by atoms with Gasteiger partial charge in [-0.05, 0) is 18.6 Å². The van der Waals surface area contributed by atoms with Gasteiger partial charge in [0, 0.05) is 19.2 Å². The van der Waals surface area contributed by atoms with Crippen LogP contribution in [0.15, 0.2) is 24.4 Å². The smallest absolute Gasteiger partial charge is 0.307 e. The van der Waals surface area contributed by atoms with Gasteiger partial charge in [0.25, 0.3) is 0 Å². The highest BCUT2D eigenvalue weighted by Gasteiger charge is 2.15. The van der Waals surface area contributed by atoms with Crippen LogP contribution in [0.4, 0.5) is 0 Å². The lowest BCUT2D eigenvalue weighted by atomic mass is 10.2. The van der Waals surface area contributed by atoms with Crippen molar-refractivity contribution in [2.45, 2.75) is 32.7 Å². The van der Waals surface area contributed by atoms with Crippen LogP contribution in [0.1, 0.15) is 31.9 Å². The lowest BCUT2D eigenvalue weighted by molar-refractivity contribution is -0.142. The number of hydrogen-bond donors (Lipinski definition) is 0. The molecule has 0 aliphatic heterocycles. The topological polar surface area (TPSA) is 59.5 Å². The van der Waals surface area contributed by atoms with Crippen molar-refractivity contribution in [2.24, 2.45) is 0 Å². The Morgan fingerprint density at radius 3 is 2.68 bits per heavy atom. The van der Waals surface area contributed by atoms with Crippen molar-refractivity contribution in [3.63, 3.8) is 0 Å². The molecule has 0 bridgehead atoms. The Morgan fingerprint density at radius 2 is 2.11 bits per heavy atom. The van der Waals surface area contributed by atoms with Gasteiger partial charge >= 0.3 is 5.97 Å². The average molecular weight is 264 g/mol. The highest BCUT2D eigenvalue weighted by molar-refractivity contribution is 5.77. The SMILES string of the molecule is CCCC(=O)N(CCC(=O)OC)Cc1ccccn1. The fraction of sp³-hybridized carbons (Fsp3) is 0.500. The highest BCUT2D eigenvalue weighted by atomic mass is 16.5. The van der Waals surface area contributed by atoms with Crippen molar-refractivity contribution in [3.8, 4) is 0 Å². The molecule has 0 aliphatic carbocycles. The molecule has 1 aromatic heterocycles. The molecule has 0 N–H and O–H groups in total. The average Bonchev–Trinajstić information content (AvgIpc) is 2.44. The zero-order valence-corrected chi connectivity index (χ0v) is 11.5. The number of carbonyl (C=O) groups excluding carboxylic acids is 2. The molecule has 5 nitrogen and oxygen atoms in total. The molecule has 1 rings (SSSR count). The van der Waals surface area contributed by atoms with E-state index in [2.05, 4.69) is 9.72 Å². The highest BCUT2D eigenvalue weighted by Crippen LogP contribution is 2.06. The van der Waals surface area contributed by atoms with E-state index in [9.17, 15) is 9.59 Å². The summed E-state index contributed by atoms with van der Waals surface area (Å²) in [6, 6.07) is 5.58. The molecule has 0 aliphatic rings. The van der Waals surface area contributed by atoms with Gasteiger partial charge < -0.3 is 9.64 Å². The first-order valence-electron chi connectivity index (χ1n) is 6.41. The standard InChI is InChI=1S/C14H20N2O3/c1-3-6-13(17)16(10-8-14(18)19-2)11-12-7-4-5-9-15-12/h4-5,7,9H,3,6,8,10-11H2,1-2H3. The lowest BCUT2D eigenvalue weighted by Crippen LogP contribution is -2.32. The summed E-state index contributed by atoms with van der Waals surface area (Å²) in [6.07, 6.45) is 3.17. The van der Waals surface area contributed by atoms with Crippen LogP contribution >= 0.6 is 0 Å². The zero-order chi connectivity index (χ0) is 14.1.